The summed E-state index contributed by atoms with van der Waals surface area (Å²) in [7, 11) is 2.90. The first-order valence-electron chi connectivity index (χ1n) is 10.5. The van der Waals surface area contributed by atoms with Crippen molar-refractivity contribution in [3.05, 3.63) is 53.1 Å². The molecule has 0 aromatic heterocycles. The first-order valence-corrected chi connectivity index (χ1v) is 10.5. The van der Waals surface area contributed by atoms with E-state index in [0.29, 0.717) is 29.3 Å². The van der Waals surface area contributed by atoms with Gasteiger partial charge in [-0.1, -0.05) is 26.0 Å². The monoisotopic (exact) mass is 438 g/mol. The summed E-state index contributed by atoms with van der Waals surface area (Å²) in [5.41, 5.74) is 2.50. The van der Waals surface area contributed by atoms with Crippen molar-refractivity contribution in [3.63, 3.8) is 0 Å². The van der Waals surface area contributed by atoms with Gasteiger partial charge in [-0.05, 0) is 42.2 Å². The number of rotatable bonds is 6. The number of methoxy groups -OCH3 is 2. The Bertz CT molecular complexity index is 1060. The van der Waals surface area contributed by atoms with E-state index in [1.807, 2.05) is 24.3 Å². The van der Waals surface area contributed by atoms with Crippen molar-refractivity contribution in [3.8, 4) is 11.5 Å². The number of nitrogens with one attached hydrogen (secondary N) is 1. The molecule has 2 aromatic rings. The zero-order chi connectivity index (χ0) is 23.0. The van der Waals surface area contributed by atoms with Crippen LogP contribution in [0.15, 0.2) is 36.4 Å². The zero-order valence-corrected chi connectivity index (χ0v) is 18.5. The Kier molecular flexibility index (Phi) is 5.78. The van der Waals surface area contributed by atoms with Crippen LogP contribution in [0.1, 0.15) is 60.3 Å². The van der Waals surface area contributed by atoms with Gasteiger partial charge in [-0.2, -0.15) is 0 Å². The van der Waals surface area contributed by atoms with Gasteiger partial charge in [0.25, 0.3) is 0 Å². The van der Waals surface area contributed by atoms with Crippen molar-refractivity contribution < 1.29 is 28.6 Å². The van der Waals surface area contributed by atoms with Gasteiger partial charge in [-0.15, -0.1) is 0 Å². The summed E-state index contributed by atoms with van der Waals surface area (Å²) in [6.07, 6.45) is -0.460. The molecular weight excluding hydrogens is 412 g/mol. The zero-order valence-electron chi connectivity index (χ0n) is 18.5. The normalized spacial score (nSPS) is 19.7. The van der Waals surface area contributed by atoms with Crippen LogP contribution in [0, 0.1) is 0 Å². The van der Waals surface area contributed by atoms with Gasteiger partial charge in [0, 0.05) is 17.7 Å². The van der Waals surface area contributed by atoms with Crippen molar-refractivity contribution in [2.24, 2.45) is 0 Å². The lowest BCUT2D eigenvalue weighted by molar-refractivity contribution is -0.144. The molecule has 2 aromatic carbocycles. The molecule has 2 atom stereocenters. The smallest absolute Gasteiger partial charge is 0.344 e. The number of hydrogen-bond acceptors (Lipinski definition) is 6. The van der Waals surface area contributed by atoms with Crippen LogP contribution in [0.5, 0.6) is 11.5 Å². The quantitative estimate of drug-likeness (QED) is 0.693. The van der Waals surface area contributed by atoms with E-state index in [0.717, 1.165) is 0 Å². The Morgan fingerprint density at radius 2 is 1.81 bits per heavy atom. The predicted octanol–water partition coefficient (Wildman–Crippen LogP) is 3.63. The fraction of sp³-hybridized carbons (Fsp3) is 0.375. The average molecular weight is 438 g/mol. The molecule has 168 valence electrons. The third kappa shape index (κ3) is 3.66. The molecule has 1 unspecified atom stereocenters. The minimum atomic E-state index is -0.994. The van der Waals surface area contributed by atoms with E-state index < -0.39 is 18.2 Å². The van der Waals surface area contributed by atoms with Gasteiger partial charge in [0.1, 0.15) is 11.6 Å². The molecule has 0 spiro atoms. The summed E-state index contributed by atoms with van der Waals surface area (Å²) in [5, 5.41) is 2.88. The van der Waals surface area contributed by atoms with Crippen LogP contribution in [-0.4, -0.2) is 42.9 Å². The van der Waals surface area contributed by atoms with Crippen molar-refractivity contribution in [1.82, 2.24) is 4.90 Å². The van der Waals surface area contributed by atoms with E-state index in [9.17, 15) is 14.4 Å². The van der Waals surface area contributed by atoms with E-state index in [4.69, 9.17) is 14.2 Å². The Morgan fingerprint density at radius 3 is 2.44 bits per heavy atom. The number of nitrogens with zero attached hydrogens (tertiary/aromatic N) is 1. The molecule has 32 heavy (non-hydrogen) atoms. The molecule has 0 saturated carbocycles. The molecule has 0 bridgehead atoms. The standard InChI is InChI=1S/C24H26N2O6/c1-13(2)14-5-7-15(8-6-14)25-22(28)17-10-12-19(27)26(17)23-16-9-11-18(30-3)21(31-4)20(16)24(29)32-23/h5-9,11,13,17,23H,10,12H2,1-4H3,(H,25,28)/t17-,23?/m0/s1. The van der Waals surface area contributed by atoms with Gasteiger partial charge in [-0.25, -0.2) is 4.79 Å². The van der Waals surface area contributed by atoms with E-state index in [1.165, 1.54) is 24.7 Å². The molecule has 8 heteroatoms. The number of likely N-dealkylation sites (tertiary alicyclic amines) is 1. The lowest BCUT2D eigenvalue weighted by Gasteiger charge is -2.29. The molecule has 1 saturated heterocycles. The number of ether oxygens (including phenoxy) is 3. The van der Waals surface area contributed by atoms with Gasteiger partial charge in [0.2, 0.25) is 18.0 Å². The third-order valence-corrected chi connectivity index (χ3v) is 5.92. The minimum absolute atomic E-state index is 0.195. The molecule has 4 rings (SSSR count). The van der Waals surface area contributed by atoms with Gasteiger partial charge < -0.3 is 19.5 Å². The van der Waals surface area contributed by atoms with Crippen LogP contribution in [0.2, 0.25) is 0 Å². The largest absolute Gasteiger partial charge is 0.493 e. The summed E-state index contributed by atoms with van der Waals surface area (Å²) in [6, 6.07) is 10.2. The molecule has 8 nitrogen and oxygen atoms in total. The second-order valence-electron chi connectivity index (χ2n) is 8.14. The molecule has 1 fully saturated rings. The number of fused-ring (bicyclic) bond motifs is 1. The molecule has 0 aliphatic carbocycles. The van der Waals surface area contributed by atoms with Gasteiger partial charge in [-0.3, -0.25) is 14.5 Å². The van der Waals surface area contributed by atoms with Gasteiger partial charge in [0.15, 0.2) is 11.5 Å². The van der Waals surface area contributed by atoms with Crippen LogP contribution in [-0.2, 0) is 14.3 Å². The lowest BCUT2D eigenvalue weighted by Crippen LogP contribution is -2.43. The maximum atomic E-state index is 13.1. The molecule has 2 amide bonds. The number of benzene rings is 2. The van der Waals surface area contributed by atoms with Crippen LogP contribution >= 0.6 is 0 Å². The topological polar surface area (TPSA) is 94.2 Å². The second-order valence-corrected chi connectivity index (χ2v) is 8.14. The van der Waals surface area contributed by atoms with Crippen molar-refractivity contribution >= 4 is 23.5 Å². The number of esters is 1. The number of carbonyl (C=O) groups excluding carboxylic acids is 3. The van der Waals surface area contributed by atoms with Crippen LogP contribution < -0.4 is 14.8 Å². The van der Waals surface area contributed by atoms with Crippen molar-refractivity contribution in [2.75, 3.05) is 19.5 Å². The molecule has 2 heterocycles. The van der Waals surface area contributed by atoms with Gasteiger partial charge in [0.05, 0.1) is 14.2 Å². The third-order valence-electron chi connectivity index (χ3n) is 5.92. The van der Waals surface area contributed by atoms with E-state index in [1.54, 1.807) is 12.1 Å². The van der Waals surface area contributed by atoms with Crippen molar-refractivity contribution in [2.45, 2.75) is 44.9 Å². The van der Waals surface area contributed by atoms with Crippen LogP contribution in [0.4, 0.5) is 5.69 Å². The van der Waals surface area contributed by atoms with Crippen molar-refractivity contribution in [1.29, 1.82) is 0 Å². The fourth-order valence-corrected chi connectivity index (χ4v) is 4.22. The number of carbonyl (C=O) groups is 3. The summed E-state index contributed by atoms with van der Waals surface area (Å²) >= 11 is 0. The first-order chi connectivity index (χ1) is 15.3. The summed E-state index contributed by atoms with van der Waals surface area (Å²) < 4.78 is 16.2. The summed E-state index contributed by atoms with van der Waals surface area (Å²) in [5.74, 6) is -0.177. The molecule has 1 N–H and O–H groups in total. The maximum absolute atomic E-state index is 13.1. The Balaban J connectivity index is 1.60. The number of hydrogen-bond donors (Lipinski definition) is 1. The van der Waals surface area contributed by atoms with Crippen LogP contribution in [0.25, 0.3) is 0 Å². The van der Waals surface area contributed by atoms with Crippen LogP contribution in [0.3, 0.4) is 0 Å². The van der Waals surface area contributed by atoms with E-state index >= 15 is 0 Å². The highest BCUT2D eigenvalue weighted by Gasteiger charge is 2.47. The molecule has 2 aliphatic heterocycles. The fourth-order valence-electron chi connectivity index (χ4n) is 4.22. The lowest BCUT2D eigenvalue weighted by atomic mass is 10.0. The number of cyclic esters (lactones) is 1. The SMILES string of the molecule is COc1ccc2c(c1OC)C(=O)OC2N1C(=O)CC[C@H]1C(=O)Nc1ccc(C(C)C)cc1. The van der Waals surface area contributed by atoms with E-state index in [-0.39, 0.29) is 29.5 Å². The maximum Gasteiger partial charge on any atom is 0.344 e. The highest BCUT2D eigenvalue weighted by molar-refractivity contribution is 6.01. The molecular formula is C24H26N2O6. The average Bonchev–Trinajstić information content (AvgIpc) is 3.32. The number of anilines is 1. The Morgan fingerprint density at radius 1 is 1.09 bits per heavy atom. The second kappa shape index (κ2) is 8.53. The Hall–Kier alpha value is -3.55. The number of amides is 2. The molecule has 0 radical (unpaired) electrons. The first kappa shape index (κ1) is 21.7. The Labute approximate surface area is 186 Å². The van der Waals surface area contributed by atoms with Gasteiger partial charge >= 0.3 is 5.97 Å². The molecule has 2 aliphatic rings. The summed E-state index contributed by atoms with van der Waals surface area (Å²) in [6.45, 7) is 4.20. The van der Waals surface area contributed by atoms with E-state index in [2.05, 4.69) is 19.2 Å². The predicted molar refractivity (Wildman–Crippen MR) is 117 cm³/mol. The highest BCUT2D eigenvalue weighted by atomic mass is 16.6. The highest BCUT2D eigenvalue weighted by Crippen LogP contribution is 2.45. The minimum Gasteiger partial charge on any atom is -0.493 e. The summed E-state index contributed by atoms with van der Waals surface area (Å²) in [4.78, 5) is 39.8.